The molecule has 0 saturated carbocycles. The Morgan fingerprint density at radius 2 is 2.05 bits per heavy atom. The number of hydrogen-bond donors (Lipinski definition) is 2. The van der Waals surface area contributed by atoms with E-state index in [4.69, 9.17) is 5.11 Å². The number of imidazole rings is 1. The maximum Gasteiger partial charge on any atom is 0.337 e. The molecule has 0 bridgehead atoms. The number of nitrogens with zero attached hydrogens (tertiary/aromatic N) is 2. The van der Waals surface area contributed by atoms with Gasteiger partial charge in [-0.15, -0.1) is 0 Å². The van der Waals surface area contributed by atoms with E-state index in [9.17, 15) is 14.7 Å². The van der Waals surface area contributed by atoms with Crippen LogP contribution in [0.4, 0.5) is 0 Å². The van der Waals surface area contributed by atoms with Crippen molar-refractivity contribution in [3.8, 4) is 5.69 Å². The number of hydrogen-bond acceptors (Lipinski definition) is 3. The second-order valence-electron chi connectivity index (χ2n) is 4.34. The molecule has 1 aromatic carbocycles. The third kappa shape index (κ3) is 2.30. The van der Waals surface area contributed by atoms with E-state index in [-0.39, 0.29) is 11.3 Å². The fraction of sp³-hybridized carbons (Fsp3) is 0.231. The van der Waals surface area contributed by atoms with Crippen LogP contribution in [0, 0.1) is 6.92 Å². The van der Waals surface area contributed by atoms with E-state index in [1.54, 1.807) is 32.3 Å². The molecule has 6 nitrogen and oxygen atoms in total. The number of carbonyl (C=O) groups is 1. The second-order valence-corrected chi connectivity index (χ2v) is 4.34. The third-order valence-corrected chi connectivity index (χ3v) is 2.90. The molecule has 0 amide bonds. The number of rotatable bonds is 3. The third-order valence-electron chi connectivity index (χ3n) is 2.90. The van der Waals surface area contributed by atoms with Gasteiger partial charge in [0.15, 0.2) is 6.10 Å². The van der Waals surface area contributed by atoms with Crippen LogP contribution < -0.4 is 5.69 Å². The predicted octanol–water partition coefficient (Wildman–Crippen LogP) is 0.602. The summed E-state index contributed by atoms with van der Waals surface area (Å²) in [4.78, 5) is 22.7. The van der Waals surface area contributed by atoms with Gasteiger partial charge in [0.05, 0.1) is 5.69 Å². The minimum Gasteiger partial charge on any atom is -0.479 e. The molecule has 1 atom stereocenters. The first-order valence-corrected chi connectivity index (χ1v) is 5.68. The van der Waals surface area contributed by atoms with E-state index in [0.717, 1.165) is 5.69 Å². The van der Waals surface area contributed by atoms with E-state index in [0.29, 0.717) is 5.69 Å². The highest BCUT2D eigenvalue weighted by atomic mass is 16.4. The van der Waals surface area contributed by atoms with Gasteiger partial charge in [0.1, 0.15) is 0 Å². The van der Waals surface area contributed by atoms with Crippen LogP contribution in [0.25, 0.3) is 5.69 Å². The van der Waals surface area contributed by atoms with Gasteiger partial charge in [-0.2, -0.15) is 0 Å². The highest BCUT2D eigenvalue weighted by Gasteiger charge is 2.17. The first-order chi connectivity index (χ1) is 8.91. The molecular formula is C13H14N2O4. The topological polar surface area (TPSA) is 84.5 Å². The van der Waals surface area contributed by atoms with Gasteiger partial charge in [-0.3, -0.25) is 4.57 Å². The maximum atomic E-state index is 12.0. The van der Waals surface area contributed by atoms with Gasteiger partial charge in [-0.05, 0) is 24.6 Å². The van der Waals surface area contributed by atoms with Gasteiger partial charge < -0.3 is 14.8 Å². The van der Waals surface area contributed by atoms with Crippen LogP contribution in [0.15, 0.2) is 35.3 Å². The minimum atomic E-state index is -1.60. The molecule has 0 fully saturated rings. The summed E-state index contributed by atoms with van der Waals surface area (Å²) < 4.78 is 2.90. The Labute approximate surface area is 109 Å². The molecule has 0 aliphatic rings. The molecule has 2 aromatic rings. The zero-order chi connectivity index (χ0) is 14.2. The quantitative estimate of drug-likeness (QED) is 0.848. The molecule has 0 aliphatic carbocycles. The van der Waals surface area contributed by atoms with Gasteiger partial charge >= 0.3 is 11.7 Å². The average molecular weight is 262 g/mol. The summed E-state index contributed by atoms with van der Waals surface area (Å²) in [5.74, 6) is -1.32. The lowest BCUT2D eigenvalue weighted by molar-refractivity contribution is -0.146. The summed E-state index contributed by atoms with van der Waals surface area (Å²) in [5.41, 5.74) is 1.27. The minimum absolute atomic E-state index is 0.223. The Morgan fingerprint density at radius 1 is 1.37 bits per heavy atom. The molecule has 1 aromatic heterocycles. The number of aromatic nitrogens is 2. The lowest BCUT2D eigenvalue weighted by Crippen LogP contribution is -2.21. The van der Waals surface area contributed by atoms with Crippen molar-refractivity contribution in [2.75, 3.05) is 0 Å². The number of carboxylic acid groups (broad SMARTS) is 1. The van der Waals surface area contributed by atoms with Crippen LogP contribution in [0.1, 0.15) is 17.4 Å². The lowest BCUT2D eigenvalue weighted by Gasteiger charge is -2.09. The van der Waals surface area contributed by atoms with Crippen LogP contribution in [0.5, 0.6) is 0 Å². The van der Waals surface area contributed by atoms with E-state index in [1.807, 2.05) is 0 Å². The number of aliphatic hydroxyl groups excluding tert-OH is 1. The molecule has 1 heterocycles. The Bertz CT molecular complexity index is 684. The number of benzene rings is 1. The van der Waals surface area contributed by atoms with Gasteiger partial charge in [-0.25, -0.2) is 9.59 Å². The molecule has 6 heteroatoms. The van der Waals surface area contributed by atoms with Crippen molar-refractivity contribution in [2.24, 2.45) is 7.05 Å². The SMILES string of the molecule is Cc1cn(C)c(=O)n1-c1cccc(C(O)C(=O)O)c1. The number of aliphatic hydroxyl groups is 1. The standard InChI is InChI=1S/C13H14N2O4/c1-8-7-14(2)13(19)15(8)10-5-3-4-9(6-10)11(16)12(17)18/h3-7,11,16H,1-2H3,(H,17,18). The van der Waals surface area contributed by atoms with Crippen molar-refractivity contribution < 1.29 is 15.0 Å². The maximum absolute atomic E-state index is 12.0. The molecule has 0 saturated heterocycles. The largest absolute Gasteiger partial charge is 0.479 e. The molecule has 0 aliphatic heterocycles. The monoisotopic (exact) mass is 262 g/mol. The Kier molecular flexibility index (Phi) is 3.26. The zero-order valence-corrected chi connectivity index (χ0v) is 10.6. The number of aliphatic carboxylic acids is 1. The molecular weight excluding hydrogens is 248 g/mol. The van der Waals surface area contributed by atoms with Gasteiger partial charge in [-0.1, -0.05) is 12.1 Å². The van der Waals surface area contributed by atoms with E-state index in [1.165, 1.54) is 21.3 Å². The number of carboxylic acids is 1. The molecule has 0 radical (unpaired) electrons. The van der Waals surface area contributed by atoms with Crippen molar-refractivity contribution in [2.45, 2.75) is 13.0 Å². The summed E-state index contributed by atoms with van der Waals surface area (Å²) >= 11 is 0. The van der Waals surface area contributed by atoms with Crippen molar-refractivity contribution in [3.05, 3.63) is 52.2 Å². The normalized spacial score (nSPS) is 12.4. The second kappa shape index (κ2) is 4.74. The first kappa shape index (κ1) is 13.1. The van der Waals surface area contributed by atoms with Crippen LogP contribution >= 0.6 is 0 Å². The molecule has 0 spiro atoms. The van der Waals surface area contributed by atoms with Crippen molar-refractivity contribution >= 4 is 5.97 Å². The van der Waals surface area contributed by atoms with Gasteiger partial charge in [0, 0.05) is 18.9 Å². The van der Waals surface area contributed by atoms with Crippen molar-refractivity contribution in [1.82, 2.24) is 9.13 Å². The Morgan fingerprint density at radius 3 is 2.58 bits per heavy atom. The lowest BCUT2D eigenvalue weighted by atomic mass is 10.1. The zero-order valence-electron chi connectivity index (χ0n) is 10.6. The summed E-state index contributed by atoms with van der Waals surface area (Å²) in [6, 6.07) is 6.29. The van der Waals surface area contributed by atoms with Gasteiger partial charge in [0.2, 0.25) is 0 Å². The summed E-state index contributed by atoms with van der Waals surface area (Å²) in [6.45, 7) is 1.78. The predicted molar refractivity (Wildman–Crippen MR) is 68.3 cm³/mol. The van der Waals surface area contributed by atoms with Crippen LogP contribution in [-0.4, -0.2) is 25.3 Å². The summed E-state index contributed by atoms with van der Waals surface area (Å²) in [6.07, 6.45) is 0.0856. The molecule has 100 valence electrons. The molecule has 2 N–H and O–H groups in total. The van der Waals surface area contributed by atoms with Crippen molar-refractivity contribution in [1.29, 1.82) is 0 Å². The Hall–Kier alpha value is -2.34. The number of aryl methyl sites for hydroxylation is 2. The highest BCUT2D eigenvalue weighted by Crippen LogP contribution is 2.17. The first-order valence-electron chi connectivity index (χ1n) is 5.68. The van der Waals surface area contributed by atoms with E-state index in [2.05, 4.69) is 0 Å². The highest BCUT2D eigenvalue weighted by molar-refractivity contribution is 5.74. The van der Waals surface area contributed by atoms with E-state index >= 15 is 0 Å². The van der Waals surface area contributed by atoms with Crippen LogP contribution in [0.3, 0.4) is 0 Å². The molecule has 1 unspecified atom stereocenters. The Balaban J connectivity index is 2.55. The molecule has 2 rings (SSSR count). The fourth-order valence-corrected chi connectivity index (χ4v) is 1.99. The average Bonchev–Trinajstić information content (AvgIpc) is 2.62. The summed E-state index contributed by atoms with van der Waals surface area (Å²) in [5, 5.41) is 18.3. The van der Waals surface area contributed by atoms with Crippen molar-refractivity contribution in [3.63, 3.8) is 0 Å². The van der Waals surface area contributed by atoms with Crippen LogP contribution in [-0.2, 0) is 11.8 Å². The summed E-state index contributed by atoms with van der Waals surface area (Å²) in [7, 11) is 1.64. The fourth-order valence-electron chi connectivity index (χ4n) is 1.99. The van der Waals surface area contributed by atoms with E-state index < -0.39 is 12.1 Å². The molecule has 19 heavy (non-hydrogen) atoms. The van der Waals surface area contributed by atoms with Gasteiger partial charge in [0.25, 0.3) is 0 Å². The smallest absolute Gasteiger partial charge is 0.337 e. The van der Waals surface area contributed by atoms with Crippen LogP contribution in [0.2, 0.25) is 0 Å².